The van der Waals surface area contributed by atoms with Crippen LogP contribution in [0.25, 0.3) is 44.1 Å². The highest BCUT2D eigenvalue weighted by atomic mass is 19.1. The van der Waals surface area contributed by atoms with Gasteiger partial charge in [0.05, 0.1) is 23.8 Å². The Morgan fingerprint density at radius 3 is 1.82 bits per heavy atom. The normalized spacial score (nSPS) is 18.0. The van der Waals surface area contributed by atoms with Crippen LogP contribution in [0.15, 0.2) is 97.8 Å². The minimum absolute atomic E-state index is 0.0902. The molecular formula is C45H38F2N12O2. The second-order valence-electron chi connectivity index (χ2n) is 15.9. The van der Waals surface area contributed by atoms with E-state index < -0.39 is 11.6 Å². The fourth-order valence-corrected chi connectivity index (χ4v) is 8.07. The second-order valence-corrected chi connectivity index (χ2v) is 15.9. The van der Waals surface area contributed by atoms with Gasteiger partial charge in [-0.25, -0.2) is 28.7 Å². The van der Waals surface area contributed by atoms with Crippen molar-refractivity contribution in [2.24, 2.45) is 25.9 Å². The molecule has 0 radical (unpaired) electrons. The van der Waals surface area contributed by atoms with Crippen LogP contribution in [0.1, 0.15) is 41.4 Å². The van der Waals surface area contributed by atoms with E-state index in [9.17, 15) is 14.0 Å². The number of aryl methyl sites for hydroxylation is 3. The zero-order chi connectivity index (χ0) is 42.1. The molecule has 61 heavy (non-hydrogen) atoms. The molecule has 2 saturated carbocycles. The predicted molar refractivity (Wildman–Crippen MR) is 228 cm³/mol. The van der Waals surface area contributed by atoms with E-state index in [4.69, 9.17) is 10.7 Å². The summed E-state index contributed by atoms with van der Waals surface area (Å²) in [5.74, 6) is -0.222. The minimum atomic E-state index is -0.512. The van der Waals surface area contributed by atoms with Gasteiger partial charge in [0.2, 0.25) is 11.8 Å². The van der Waals surface area contributed by atoms with Crippen molar-refractivity contribution in [2.45, 2.75) is 31.6 Å². The molecule has 304 valence electrons. The van der Waals surface area contributed by atoms with Gasteiger partial charge >= 0.3 is 0 Å². The van der Waals surface area contributed by atoms with E-state index in [1.807, 2.05) is 39.5 Å². The lowest BCUT2D eigenvalue weighted by atomic mass is 10.0. The first-order chi connectivity index (χ1) is 29.4. The van der Waals surface area contributed by atoms with Crippen LogP contribution in [0.2, 0.25) is 0 Å². The van der Waals surface area contributed by atoms with Gasteiger partial charge in [-0.05, 0) is 114 Å². The Morgan fingerprint density at radius 1 is 0.689 bits per heavy atom. The van der Waals surface area contributed by atoms with Gasteiger partial charge in [0.25, 0.3) is 0 Å². The lowest BCUT2D eigenvalue weighted by molar-refractivity contribution is -0.118. The molecule has 2 aliphatic rings. The monoisotopic (exact) mass is 816 g/mol. The fourth-order valence-electron chi connectivity index (χ4n) is 8.07. The second kappa shape index (κ2) is 14.6. The third kappa shape index (κ3) is 7.36. The number of amides is 2. The fraction of sp³-hybridized carbons (Fsp3) is 0.200. The molecule has 6 aromatic heterocycles. The van der Waals surface area contributed by atoms with Gasteiger partial charge in [-0.3, -0.25) is 19.0 Å². The Bertz CT molecular complexity index is 3090. The summed E-state index contributed by atoms with van der Waals surface area (Å²) in [5, 5.41) is 20.2. The third-order valence-electron chi connectivity index (χ3n) is 11.5. The Balaban J connectivity index is 0.976. The summed E-state index contributed by atoms with van der Waals surface area (Å²) in [6, 6.07) is 15.8. The van der Waals surface area contributed by atoms with E-state index in [1.165, 1.54) is 24.3 Å². The molecule has 0 bridgehead atoms. The Kier molecular flexibility index (Phi) is 9.00. The number of halogens is 2. The van der Waals surface area contributed by atoms with Crippen LogP contribution in [0.4, 0.5) is 37.7 Å². The number of carbonyl (C=O) groups excluding carboxylic acids is 2. The Hall–Kier alpha value is -7.62. The van der Waals surface area contributed by atoms with Gasteiger partial charge in [0.15, 0.2) is 0 Å². The number of rotatable bonds is 10. The van der Waals surface area contributed by atoms with Crippen molar-refractivity contribution in [1.29, 1.82) is 0 Å². The standard InChI is InChI=1S/C45H38F2N12O2/c1-22-4-5-27(46)12-29(22)38-9-24-11-41(57-45(61)33-15-31(33)26-17-52-59(3)21-26)50-19-36(24)43(55-38)54-37-7-6-28(47)13-34(37)39-8-23-10-40(49-18-35(23)42(48)53-39)56-44(60)32-14-30(32)25-16-51-58(2)20-25/h4-13,16-21,30-33H,14-15H2,1-3H3,(H2,48,53)(H,54,55)(H,49,56,60)(H,50,57,61)/t30-,31+,32+,33-/m1/s1. The SMILES string of the molecule is Cc1ccc(F)cc1-c1cc2cc(NC(=O)[C@@H]3C[C@H]3c3cnn(C)c3)ncc2c(Nc2ccc(F)cc2-c2cc3cc(NC(=O)[C@H]4C[C@@H]4c4cnn(C)c4)ncc3c(N)n2)n1. The molecule has 2 aliphatic carbocycles. The molecule has 10 rings (SSSR count). The summed E-state index contributed by atoms with van der Waals surface area (Å²) < 4.78 is 33.3. The number of fused-ring (bicyclic) bond motifs is 2. The van der Waals surface area contributed by atoms with Gasteiger partial charge in [0, 0.05) is 78.3 Å². The number of aromatic nitrogens is 8. The zero-order valence-corrected chi connectivity index (χ0v) is 33.2. The molecule has 8 aromatic rings. The maximum atomic E-state index is 15.1. The molecule has 0 aliphatic heterocycles. The highest BCUT2D eigenvalue weighted by molar-refractivity contribution is 6.02. The average Bonchev–Trinajstić information content (AvgIpc) is 4.14. The lowest BCUT2D eigenvalue weighted by Crippen LogP contribution is -2.15. The van der Waals surface area contributed by atoms with Crippen molar-refractivity contribution in [3.05, 3.63) is 126 Å². The molecule has 5 N–H and O–H groups in total. The van der Waals surface area contributed by atoms with E-state index in [-0.39, 0.29) is 41.3 Å². The van der Waals surface area contributed by atoms with E-state index in [0.717, 1.165) is 23.1 Å². The first-order valence-electron chi connectivity index (χ1n) is 19.7. The van der Waals surface area contributed by atoms with Crippen molar-refractivity contribution < 1.29 is 18.4 Å². The maximum Gasteiger partial charge on any atom is 0.229 e. The van der Waals surface area contributed by atoms with E-state index in [1.54, 1.807) is 64.5 Å². The molecule has 4 atom stereocenters. The number of carbonyl (C=O) groups is 2. The van der Waals surface area contributed by atoms with Gasteiger partial charge in [-0.2, -0.15) is 10.2 Å². The summed E-state index contributed by atoms with van der Waals surface area (Å²) in [6.07, 6.45) is 12.0. The molecule has 2 amide bonds. The molecule has 0 unspecified atom stereocenters. The highest BCUT2D eigenvalue weighted by Gasteiger charge is 2.45. The number of nitrogens with two attached hydrogens (primary N) is 1. The first kappa shape index (κ1) is 37.6. The van der Waals surface area contributed by atoms with Crippen LogP contribution in [0, 0.1) is 30.4 Å². The van der Waals surface area contributed by atoms with E-state index in [2.05, 4.69) is 41.1 Å². The molecule has 14 nitrogen and oxygen atoms in total. The van der Waals surface area contributed by atoms with Crippen LogP contribution in [0.5, 0.6) is 0 Å². The van der Waals surface area contributed by atoms with Gasteiger partial charge in [0.1, 0.15) is 34.9 Å². The predicted octanol–water partition coefficient (Wildman–Crippen LogP) is 7.77. The number of anilines is 5. The molecular weight excluding hydrogens is 779 g/mol. The number of pyridine rings is 4. The van der Waals surface area contributed by atoms with Crippen molar-refractivity contribution in [2.75, 3.05) is 21.7 Å². The van der Waals surface area contributed by atoms with Crippen molar-refractivity contribution >= 4 is 62.3 Å². The molecule has 2 fully saturated rings. The van der Waals surface area contributed by atoms with Gasteiger partial charge in [-0.15, -0.1) is 0 Å². The van der Waals surface area contributed by atoms with E-state index >= 15 is 4.39 Å². The Labute approximate surface area is 347 Å². The number of benzene rings is 2. The molecule has 6 heterocycles. The number of nitrogens with zero attached hydrogens (tertiary/aromatic N) is 8. The third-order valence-corrected chi connectivity index (χ3v) is 11.5. The number of nitrogen functional groups attached to an aromatic ring is 1. The summed E-state index contributed by atoms with van der Waals surface area (Å²) in [5.41, 5.74) is 11.5. The summed E-state index contributed by atoms with van der Waals surface area (Å²) in [4.78, 5) is 45.1. The molecule has 2 aromatic carbocycles. The number of nitrogens with one attached hydrogen (secondary N) is 3. The van der Waals surface area contributed by atoms with Crippen molar-refractivity contribution in [3.63, 3.8) is 0 Å². The van der Waals surface area contributed by atoms with Crippen LogP contribution >= 0.6 is 0 Å². The van der Waals surface area contributed by atoms with Crippen LogP contribution in [-0.2, 0) is 23.7 Å². The van der Waals surface area contributed by atoms with Crippen LogP contribution in [-0.4, -0.2) is 51.3 Å². The minimum Gasteiger partial charge on any atom is -0.383 e. The van der Waals surface area contributed by atoms with E-state index in [0.29, 0.717) is 73.6 Å². The number of hydrogen-bond acceptors (Lipinski definition) is 10. The highest BCUT2D eigenvalue weighted by Crippen LogP contribution is 2.49. The first-order valence-corrected chi connectivity index (χ1v) is 19.7. The average molecular weight is 817 g/mol. The van der Waals surface area contributed by atoms with Gasteiger partial charge < -0.3 is 21.7 Å². The van der Waals surface area contributed by atoms with Crippen molar-refractivity contribution in [3.8, 4) is 22.5 Å². The quantitative estimate of drug-likeness (QED) is 0.106. The zero-order valence-electron chi connectivity index (χ0n) is 33.2. The molecule has 16 heteroatoms. The summed E-state index contributed by atoms with van der Waals surface area (Å²) in [7, 11) is 3.69. The smallest absolute Gasteiger partial charge is 0.229 e. The van der Waals surface area contributed by atoms with Crippen LogP contribution < -0.4 is 21.7 Å². The Morgan fingerprint density at radius 2 is 1.23 bits per heavy atom. The largest absolute Gasteiger partial charge is 0.383 e. The molecule has 0 spiro atoms. The maximum absolute atomic E-state index is 15.1. The number of hydrogen-bond donors (Lipinski definition) is 4. The topological polar surface area (TPSA) is 183 Å². The van der Waals surface area contributed by atoms with Crippen molar-refractivity contribution in [1.82, 2.24) is 39.5 Å². The lowest BCUT2D eigenvalue weighted by Gasteiger charge is -2.17. The summed E-state index contributed by atoms with van der Waals surface area (Å²) in [6.45, 7) is 1.87. The van der Waals surface area contributed by atoms with Gasteiger partial charge in [-0.1, -0.05) is 6.07 Å². The summed E-state index contributed by atoms with van der Waals surface area (Å²) >= 11 is 0. The van der Waals surface area contributed by atoms with Crippen LogP contribution in [0.3, 0.4) is 0 Å². The molecule has 0 saturated heterocycles.